The molecular weight excluding hydrogens is 440 g/mol. The quantitative estimate of drug-likeness (QED) is 0.304. The summed E-state index contributed by atoms with van der Waals surface area (Å²) in [4.78, 5) is 26.0. The molecule has 0 unspecified atom stereocenters. The third-order valence-corrected chi connectivity index (χ3v) is 5.59. The van der Waals surface area contributed by atoms with Crippen molar-refractivity contribution in [2.24, 2.45) is 0 Å². The van der Waals surface area contributed by atoms with Crippen LogP contribution >= 0.6 is 0 Å². The Balaban J connectivity index is 1.71. The molecule has 3 aromatic rings. The van der Waals surface area contributed by atoms with E-state index in [-0.39, 0.29) is 11.7 Å². The van der Waals surface area contributed by atoms with Crippen molar-refractivity contribution in [2.45, 2.75) is 58.1 Å². The first-order chi connectivity index (χ1) is 16.6. The molecule has 0 aromatic heterocycles. The van der Waals surface area contributed by atoms with Gasteiger partial charge in [0.15, 0.2) is 0 Å². The average molecular weight is 475 g/mol. The number of carbonyl (C=O) groups excluding carboxylic acids is 2. The number of esters is 1. The van der Waals surface area contributed by atoms with Crippen LogP contribution in [0.1, 0.15) is 54.2 Å². The average Bonchev–Trinajstić information content (AvgIpc) is 2.81. The lowest BCUT2D eigenvalue weighted by Gasteiger charge is -2.25. The molecule has 0 bridgehead atoms. The number of nitrogen functional groups attached to an aromatic ring is 1. The summed E-state index contributed by atoms with van der Waals surface area (Å²) in [5.41, 5.74) is 9.54. The van der Waals surface area contributed by atoms with E-state index in [1.807, 2.05) is 42.5 Å². The second-order valence-corrected chi connectivity index (χ2v) is 9.66. The molecule has 3 aromatic carbocycles. The second kappa shape index (κ2) is 11.6. The van der Waals surface area contributed by atoms with E-state index >= 15 is 0 Å². The molecule has 1 amide bonds. The predicted octanol–water partition coefficient (Wildman–Crippen LogP) is 4.83. The lowest BCUT2D eigenvalue weighted by Crippen LogP contribution is -2.44. The van der Waals surface area contributed by atoms with Crippen LogP contribution in [0, 0.1) is 0 Å². The molecule has 6 nitrogen and oxygen atoms in total. The molecule has 0 aliphatic heterocycles. The minimum atomic E-state index is -0.778. The molecule has 184 valence electrons. The Morgan fingerprint density at radius 2 is 1.57 bits per heavy atom. The van der Waals surface area contributed by atoms with Gasteiger partial charge >= 0.3 is 5.97 Å². The van der Waals surface area contributed by atoms with E-state index in [9.17, 15) is 14.7 Å². The van der Waals surface area contributed by atoms with Gasteiger partial charge in [-0.05, 0) is 93.5 Å². The van der Waals surface area contributed by atoms with Crippen molar-refractivity contribution >= 4 is 17.6 Å². The van der Waals surface area contributed by atoms with Crippen LogP contribution in [-0.4, -0.2) is 28.6 Å². The molecule has 35 heavy (non-hydrogen) atoms. The van der Waals surface area contributed by atoms with Crippen molar-refractivity contribution < 1.29 is 19.4 Å². The van der Waals surface area contributed by atoms with Gasteiger partial charge in [-0.3, -0.25) is 4.79 Å². The van der Waals surface area contributed by atoms with E-state index in [1.54, 1.807) is 51.1 Å². The smallest absolute Gasteiger partial charge is 0.329 e. The molecule has 0 saturated heterocycles. The molecule has 1 atom stereocenters. The summed E-state index contributed by atoms with van der Waals surface area (Å²) in [7, 11) is 0. The Morgan fingerprint density at radius 3 is 2.23 bits per heavy atom. The van der Waals surface area contributed by atoms with Gasteiger partial charge in [0.1, 0.15) is 17.4 Å². The second-order valence-electron chi connectivity index (χ2n) is 9.66. The molecule has 4 N–H and O–H groups in total. The van der Waals surface area contributed by atoms with Crippen molar-refractivity contribution in [1.82, 2.24) is 5.32 Å². The van der Waals surface area contributed by atoms with Gasteiger partial charge in [-0.25, -0.2) is 4.79 Å². The van der Waals surface area contributed by atoms with Crippen molar-refractivity contribution in [3.63, 3.8) is 0 Å². The number of anilines is 1. The number of phenols is 1. The summed E-state index contributed by atoms with van der Waals surface area (Å²) >= 11 is 0. The fourth-order valence-corrected chi connectivity index (χ4v) is 3.72. The fourth-order valence-electron chi connectivity index (χ4n) is 3.72. The molecule has 6 heteroatoms. The zero-order chi connectivity index (χ0) is 25.4. The number of nitrogens with one attached hydrogen (secondary N) is 1. The number of carbonyl (C=O) groups is 2. The predicted molar refractivity (Wildman–Crippen MR) is 138 cm³/mol. The van der Waals surface area contributed by atoms with Gasteiger partial charge in [0.05, 0.1) is 0 Å². The third kappa shape index (κ3) is 8.18. The first kappa shape index (κ1) is 25.8. The molecule has 0 aliphatic rings. The van der Waals surface area contributed by atoms with Crippen LogP contribution in [0.4, 0.5) is 5.69 Å². The van der Waals surface area contributed by atoms with E-state index < -0.39 is 17.6 Å². The largest absolute Gasteiger partial charge is 0.508 e. The maximum Gasteiger partial charge on any atom is 0.329 e. The first-order valence-corrected chi connectivity index (χ1v) is 11.8. The Kier molecular flexibility index (Phi) is 8.53. The van der Waals surface area contributed by atoms with Gasteiger partial charge in [-0.2, -0.15) is 0 Å². The molecule has 0 radical (unpaired) electrons. The monoisotopic (exact) mass is 474 g/mol. The van der Waals surface area contributed by atoms with Gasteiger partial charge in [0.2, 0.25) is 0 Å². The minimum Gasteiger partial charge on any atom is -0.508 e. The highest BCUT2D eigenvalue weighted by molar-refractivity contribution is 5.97. The molecule has 0 fully saturated rings. The maximum absolute atomic E-state index is 13.1. The van der Waals surface area contributed by atoms with E-state index in [4.69, 9.17) is 10.5 Å². The number of aryl methyl sites for hydroxylation is 3. The van der Waals surface area contributed by atoms with E-state index in [0.29, 0.717) is 36.9 Å². The Bertz CT molecular complexity index is 1140. The topological polar surface area (TPSA) is 102 Å². The Labute approximate surface area is 207 Å². The van der Waals surface area contributed by atoms with Crippen LogP contribution in [0.25, 0.3) is 0 Å². The molecule has 0 saturated carbocycles. The highest BCUT2D eigenvalue weighted by Gasteiger charge is 2.27. The summed E-state index contributed by atoms with van der Waals surface area (Å²) in [6, 6.07) is 21.2. The zero-order valence-corrected chi connectivity index (χ0v) is 20.6. The SMILES string of the molecule is CC(C)(C)OC(=O)[C@H](CCc1ccccc1)NC(=O)c1ccc(N)c(CCc2ccc(O)cc2)c1. The van der Waals surface area contributed by atoms with Crippen LogP contribution in [-0.2, 0) is 28.8 Å². The van der Waals surface area contributed by atoms with Gasteiger partial charge < -0.3 is 20.9 Å². The number of aromatic hydroxyl groups is 1. The lowest BCUT2D eigenvalue weighted by molar-refractivity contribution is -0.157. The van der Waals surface area contributed by atoms with Gasteiger partial charge in [0, 0.05) is 11.3 Å². The van der Waals surface area contributed by atoms with Crippen LogP contribution in [0.3, 0.4) is 0 Å². The minimum absolute atomic E-state index is 0.221. The van der Waals surface area contributed by atoms with Crippen LogP contribution < -0.4 is 11.1 Å². The summed E-state index contributed by atoms with van der Waals surface area (Å²) in [5.74, 6) is -0.580. The van der Waals surface area contributed by atoms with Gasteiger partial charge in [-0.15, -0.1) is 0 Å². The van der Waals surface area contributed by atoms with Crippen LogP contribution in [0.5, 0.6) is 5.75 Å². The van der Waals surface area contributed by atoms with Crippen LogP contribution in [0.15, 0.2) is 72.8 Å². The number of hydrogen-bond donors (Lipinski definition) is 3. The van der Waals surface area contributed by atoms with Crippen molar-refractivity contribution in [1.29, 1.82) is 0 Å². The lowest BCUT2D eigenvalue weighted by atomic mass is 10.00. The number of phenolic OH excluding ortho intramolecular Hbond substituents is 1. The first-order valence-electron chi connectivity index (χ1n) is 11.8. The number of ether oxygens (including phenoxy) is 1. The molecule has 0 heterocycles. The zero-order valence-electron chi connectivity index (χ0n) is 20.6. The standard InChI is InChI=1S/C29H34N2O4/c1-29(2,3)35-28(34)26(18-12-20-7-5-4-6-8-20)31-27(33)23-14-17-25(30)22(19-23)13-9-21-10-15-24(32)16-11-21/h4-8,10-11,14-17,19,26,32H,9,12-13,18,30H2,1-3H3,(H,31,33)/t26-/m0/s1. The molecule has 0 spiro atoms. The van der Waals surface area contributed by atoms with Crippen molar-refractivity contribution in [3.8, 4) is 5.75 Å². The van der Waals surface area contributed by atoms with E-state index in [0.717, 1.165) is 16.7 Å². The summed E-state index contributed by atoms with van der Waals surface area (Å²) in [5, 5.41) is 12.3. The number of rotatable bonds is 9. The summed E-state index contributed by atoms with van der Waals surface area (Å²) in [6.07, 6.45) is 2.41. The van der Waals surface area contributed by atoms with Crippen molar-refractivity contribution in [3.05, 3.63) is 95.1 Å². The van der Waals surface area contributed by atoms with E-state index in [1.165, 1.54) is 0 Å². The number of benzene rings is 3. The van der Waals surface area contributed by atoms with Crippen molar-refractivity contribution in [2.75, 3.05) is 5.73 Å². The van der Waals surface area contributed by atoms with Gasteiger partial charge in [-0.1, -0.05) is 42.5 Å². The third-order valence-electron chi connectivity index (χ3n) is 5.59. The van der Waals surface area contributed by atoms with Gasteiger partial charge in [0.25, 0.3) is 5.91 Å². The highest BCUT2D eigenvalue weighted by Crippen LogP contribution is 2.19. The highest BCUT2D eigenvalue weighted by atomic mass is 16.6. The molecule has 3 rings (SSSR count). The van der Waals surface area contributed by atoms with Crippen LogP contribution in [0.2, 0.25) is 0 Å². The Morgan fingerprint density at radius 1 is 0.914 bits per heavy atom. The van der Waals surface area contributed by atoms with E-state index in [2.05, 4.69) is 5.32 Å². The maximum atomic E-state index is 13.1. The normalized spacial score (nSPS) is 12.1. The number of amides is 1. The number of hydrogen-bond acceptors (Lipinski definition) is 5. The molecule has 0 aliphatic carbocycles. The fraction of sp³-hybridized carbons (Fsp3) is 0.310. The summed E-state index contributed by atoms with van der Waals surface area (Å²) in [6.45, 7) is 5.42. The Hall–Kier alpha value is -3.80. The summed E-state index contributed by atoms with van der Waals surface area (Å²) < 4.78 is 5.57. The molecular formula is C29H34N2O4. The number of nitrogens with two attached hydrogens (primary N) is 1.